The van der Waals surface area contributed by atoms with Crippen molar-refractivity contribution >= 4 is 49.7 Å². The van der Waals surface area contributed by atoms with E-state index in [4.69, 9.17) is 5.73 Å². The second-order valence-electron chi connectivity index (χ2n) is 3.95. The molecule has 106 valence electrons. The maximum Gasteiger partial charge on any atom is 0.250 e. The van der Waals surface area contributed by atoms with E-state index in [1.165, 1.54) is 11.3 Å². The van der Waals surface area contributed by atoms with Gasteiger partial charge in [-0.2, -0.15) is 0 Å². The minimum Gasteiger partial charge on any atom is -0.324 e. The molecule has 0 aliphatic heterocycles. The number of hydrogen-bond acceptors (Lipinski definition) is 4. The highest BCUT2D eigenvalue weighted by atomic mass is 79.9. The van der Waals surface area contributed by atoms with Gasteiger partial charge in [0.1, 0.15) is 4.21 Å². The molecule has 0 saturated heterocycles. The predicted octanol–water partition coefficient (Wildman–Crippen LogP) is 2.73. The Morgan fingerprint density at radius 1 is 1.39 bits per heavy atom. The molecule has 0 aliphatic rings. The Balaban J connectivity index is 0.00000289. The molecule has 0 amide bonds. The SMILES string of the molecule is CCC(N)(CC)CNS(=O)(=O)c1ccc(Br)s1.Cl. The van der Waals surface area contributed by atoms with Gasteiger partial charge in [0, 0.05) is 12.1 Å². The van der Waals surface area contributed by atoms with Gasteiger partial charge in [0.15, 0.2) is 0 Å². The molecule has 0 aliphatic carbocycles. The molecule has 18 heavy (non-hydrogen) atoms. The molecule has 1 aromatic rings. The van der Waals surface area contributed by atoms with Gasteiger partial charge >= 0.3 is 0 Å². The van der Waals surface area contributed by atoms with Crippen LogP contribution in [0.1, 0.15) is 26.7 Å². The summed E-state index contributed by atoms with van der Waals surface area (Å²) in [6, 6.07) is 3.29. The fraction of sp³-hybridized carbons (Fsp3) is 0.600. The molecule has 0 unspecified atom stereocenters. The summed E-state index contributed by atoms with van der Waals surface area (Å²) in [5, 5.41) is 0. The van der Waals surface area contributed by atoms with Gasteiger partial charge in [-0.3, -0.25) is 0 Å². The monoisotopic (exact) mass is 376 g/mol. The summed E-state index contributed by atoms with van der Waals surface area (Å²) in [4.78, 5) is 0. The third kappa shape index (κ3) is 4.79. The Hall–Kier alpha value is 0.340. The van der Waals surface area contributed by atoms with Crippen molar-refractivity contribution in [3.63, 3.8) is 0 Å². The molecule has 1 heterocycles. The molecule has 0 spiro atoms. The lowest BCUT2D eigenvalue weighted by molar-refractivity contribution is 0.392. The predicted molar refractivity (Wildman–Crippen MR) is 82.0 cm³/mol. The van der Waals surface area contributed by atoms with Gasteiger partial charge < -0.3 is 5.73 Å². The average molecular weight is 378 g/mol. The molecule has 0 bridgehead atoms. The molecule has 3 N–H and O–H groups in total. The van der Waals surface area contributed by atoms with E-state index in [1.807, 2.05) is 13.8 Å². The van der Waals surface area contributed by atoms with Crippen molar-refractivity contribution in [2.45, 2.75) is 36.4 Å². The molecule has 4 nitrogen and oxygen atoms in total. The Kier molecular flexibility index (Phi) is 7.35. The van der Waals surface area contributed by atoms with Gasteiger partial charge in [-0.05, 0) is 40.9 Å². The van der Waals surface area contributed by atoms with Gasteiger partial charge in [0.25, 0.3) is 0 Å². The van der Waals surface area contributed by atoms with Crippen molar-refractivity contribution < 1.29 is 8.42 Å². The van der Waals surface area contributed by atoms with Gasteiger partial charge in [-0.25, -0.2) is 13.1 Å². The number of halogens is 2. The number of hydrogen-bond donors (Lipinski definition) is 2. The zero-order valence-electron chi connectivity index (χ0n) is 10.3. The summed E-state index contributed by atoms with van der Waals surface area (Å²) >= 11 is 4.43. The third-order valence-corrected chi connectivity index (χ3v) is 6.35. The molecule has 0 saturated carbocycles. The van der Waals surface area contributed by atoms with Crippen molar-refractivity contribution in [2.24, 2.45) is 5.73 Å². The Bertz CT molecular complexity index is 472. The standard InChI is InChI=1S/C10H17BrN2O2S2.ClH/c1-3-10(12,4-2)7-13-17(14,15)9-6-5-8(11)16-9;/h5-6,13H,3-4,7,12H2,1-2H3;1H. The Morgan fingerprint density at radius 3 is 2.33 bits per heavy atom. The average Bonchev–Trinajstić information content (AvgIpc) is 2.74. The molecule has 1 aromatic heterocycles. The Labute approximate surface area is 127 Å². The van der Waals surface area contributed by atoms with Crippen LogP contribution in [0.5, 0.6) is 0 Å². The number of sulfonamides is 1. The number of thiophene rings is 1. The van der Waals surface area contributed by atoms with Crippen LogP contribution in [-0.4, -0.2) is 20.5 Å². The zero-order valence-corrected chi connectivity index (χ0v) is 14.3. The van der Waals surface area contributed by atoms with E-state index in [0.717, 1.165) is 16.6 Å². The molecular formula is C10H18BrClN2O2S2. The largest absolute Gasteiger partial charge is 0.324 e. The normalized spacial score (nSPS) is 12.2. The van der Waals surface area contributed by atoms with Gasteiger partial charge in [-0.1, -0.05) is 13.8 Å². The first-order chi connectivity index (χ1) is 7.83. The summed E-state index contributed by atoms with van der Waals surface area (Å²) in [5.74, 6) is 0. The van der Waals surface area contributed by atoms with Gasteiger partial charge in [0.05, 0.1) is 3.79 Å². The van der Waals surface area contributed by atoms with Crippen LogP contribution >= 0.6 is 39.7 Å². The van der Waals surface area contributed by atoms with E-state index in [0.29, 0.717) is 4.21 Å². The number of rotatable bonds is 6. The van der Waals surface area contributed by atoms with Crippen LogP contribution in [-0.2, 0) is 10.0 Å². The van der Waals surface area contributed by atoms with Crippen LogP contribution in [0.4, 0.5) is 0 Å². The molecule has 0 radical (unpaired) electrons. The summed E-state index contributed by atoms with van der Waals surface area (Å²) in [6.45, 7) is 4.18. The smallest absolute Gasteiger partial charge is 0.250 e. The fourth-order valence-electron chi connectivity index (χ4n) is 1.25. The molecule has 1 rings (SSSR count). The lowest BCUT2D eigenvalue weighted by atomic mass is 9.95. The minimum atomic E-state index is -3.43. The van der Waals surface area contributed by atoms with Crippen LogP contribution in [0.25, 0.3) is 0 Å². The highest BCUT2D eigenvalue weighted by Crippen LogP contribution is 2.26. The van der Waals surface area contributed by atoms with E-state index >= 15 is 0 Å². The van der Waals surface area contributed by atoms with Crippen molar-refractivity contribution in [1.82, 2.24) is 4.72 Å². The highest BCUT2D eigenvalue weighted by molar-refractivity contribution is 9.11. The van der Waals surface area contributed by atoms with Gasteiger partial charge in [-0.15, -0.1) is 23.7 Å². The van der Waals surface area contributed by atoms with Crippen LogP contribution in [0.2, 0.25) is 0 Å². The van der Waals surface area contributed by atoms with E-state index < -0.39 is 15.6 Å². The van der Waals surface area contributed by atoms with Crippen molar-refractivity contribution in [3.8, 4) is 0 Å². The first kappa shape index (κ1) is 18.3. The highest BCUT2D eigenvalue weighted by Gasteiger charge is 2.24. The van der Waals surface area contributed by atoms with Crippen molar-refractivity contribution in [2.75, 3.05) is 6.54 Å². The summed E-state index contributed by atoms with van der Waals surface area (Å²) in [7, 11) is -3.43. The number of nitrogens with two attached hydrogens (primary N) is 1. The first-order valence-electron chi connectivity index (χ1n) is 5.37. The molecule has 8 heteroatoms. The van der Waals surface area contributed by atoms with Gasteiger partial charge in [0.2, 0.25) is 10.0 Å². The van der Waals surface area contributed by atoms with E-state index in [-0.39, 0.29) is 19.0 Å². The summed E-state index contributed by atoms with van der Waals surface area (Å²) < 4.78 is 27.6. The van der Waals surface area contributed by atoms with Crippen molar-refractivity contribution in [3.05, 3.63) is 15.9 Å². The van der Waals surface area contributed by atoms with E-state index in [9.17, 15) is 8.42 Å². The number of nitrogens with one attached hydrogen (secondary N) is 1. The second-order valence-corrected chi connectivity index (χ2v) is 8.41. The van der Waals surface area contributed by atoms with Crippen LogP contribution in [0.15, 0.2) is 20.1 Å². The molecule has 0 aromatic carbocycles. The lowest BCUT2D eigenvalue weighted by Gasteiger charge is -2.26. The van der Waals surface area contributed by atoms with Crippen molar-refractivity contribution in [1.29, 1.82) is 0 Å². The maximum absolute atomic E-state index is 11.9. The molecule has 0 atom stereocenters. The lowest BCUT2D eigenvalue weighted by Crippen LogP contribution is -2.49. The Morgan fingerprint density at radius 2 is 1.94 bits per heavy atom. The van der Waals surface area contributed by atoms with E-state index in [1.54, 1.807) is 12.1 Å². The fourth-order valence-corrected chi connectivity index (χ4v) is 4.45. The zero-order chi connectivity index (χ0) is 13.1. The first-order valence-corrected chi connectivity index (χ1v) is 8.46. The van der Waals surface area contributed by atoms with Crippen LogP contribution in [0, 0.1) is 0 Å². The third-order valence-electron chi connectivity index (χ3n) is 2.84. The van der Waals surface area contributed by atoms with E-state index in [2.05, 4.69) is 20.7 Å². The summed E-state index contributed by atoms with van der Waals surface area (Å²) in [5.41, 5.74) is 5.58. The second kappa shape index (κ2) is 7.21. The molecular weight excluding hydrogens is 360 g/mol. The maximum atomic E-state index is 11.9. The quantitative estimate of drug-likeness (QED) is 0.800. The van der Waals surface area contributed by atoms with Crippen LogP contribution < -0.4 is 10.5 Å². The summed E-state index contributed by atoms with van der Waals surface area (Å²) in [6.07, 6.45) is 1.47. The minimum absolute atomic E-state index is 0. The molecule has 0 fully saturated rings. The topological polar surface area (TPSA) is 72.2 Å². The van der Waals surface area contributed by atoms with Crippen LogP contribution in [0.3, 0.4) is 0 Å².